The van der Waals surface area contributed by atoms with Crippen molar-refractivity contribution < 1.29 is 34.1 Å². The van der Waals surface area contributed by atoms with Gasteiger partial charge in [0.15, 0.2) is 11.9 Å². The molecule has 10 heteroatoms. The monoisotopic (exact) mass is 502 g/mol. The molecule has 0 fully saturated rings. The van der Waals surface area contributed by atoms with Crippen LogP contribution in [0.5, 0.6) is 5.75 Å². The van der Waals surface area contributed by atoms with Crippen LogP contribution in [0, 0.1) is 0 Å². The van der Waals surface area contributed by atoms with E-state index in [9.17, 15) is 24.6 Å². The normalized spacial score (nSPS) is 11.7. The van der Waals surface area contributed by atoms with Crippen molar-refractivity contribution in [2.45, 2.75) is 13.0 Å². The van der Waals surface area contributed by atoms with Gasteiger partial charge in [-0.2, -0.15) is 0 Å². The minimum absolute atomic E-state index is 0.0143. The second kappa shape index (κ2) is 7.42. The molecule has 0 amide bonds. The second-order valence-electron chi connectivity index (χ2n) is 3.91. The third-order valence-electron chi connectivity index (χ3n) is 2.53. The number of hydrogen-bond donors (Lipinski definition) is 2. The van der Waals surface area contributed by atoms with Crippen molar-refractivity contribution in [3.8, 4) is 5.75 Å². The van der Waals surface area contributed by atoms with E-state index >= 15 is 0 Å². The summed E-state index contributed by atoms with van der Waals surface area (Å²) in [6, 6.07) is 0. The highest BCUT2D eigenvalue weighted by Crippen LogP contribution is 2.44. The largest absolute Gasteiger partial charge is 0.478 e. The average molecular weight is 505 g/mol. The Morgan fingerprint density at radius 3 is 1.68 bits per heavy atom. The Labute approximate surface area is 150 Å². The first-order chi connectivity index (χ1) is 10.1. The number of benzene rings is 1. The number of carboxylic acids is 2. The number of aromatic carboxylic acids is 2. The van der Waals surface area contributed by atoms with Crippen molar-refractivity contribution in [1.82, 2.24) is 0 Å². The third kappa shape index (κ3) is 3.61. The van der Waals surface area contributed by atoms with E-state index in [0.717, 1.165) is 0 Å². The van der Waals surface area contributed by atoms with E-state index in [2.05, 4.69) is 52.5 Å². The molecular formula is C12H9Br3O7. The SMILES string of the molecule is COC(=O)C(C)Oc1c(Br)c(C(=O)O)c(Br)c(C(=O)O)c1Br. The molecule has 0 aromatic heterocycles. The molecule has 1 aromatic carbocycles. The smallest absolute Gasteiger partial charge is 0.346 e. The lowest BCUT2D eigenvalue weighted by atomic mass is 10.1. The maximum Gasteiger partial charge on any atom is 0.346 e. The molecule has 120 valence electrons. The fourth-order valence-electron chi connectivity index (χ4n) is 1.51. The van der Waals surface area contributed by atoms with Gasteiger partial charge < -0.3 is 19.7 Å². The van der Waals surface area contributed by atoms with Crippen LogP contribution in [0.3, 0.4) is 0 Å². The topological polar surface area (TPSA) is 110 Å². The van der Waals surface area contributed by atoms with Crippen molar-refractivity contribution in [2.75, 3.05) is 7.11 Å². The lowest BCUT2D eigenvalue weighted by Gasteiger charge is -2.18. The second-order valence-corrected chi connectivity index (χ2v) is 6.29. The van der Waals surface area contributed by atoms with Gasteiger partial charge >= 0.3 is 17.9 Å². The van der Waals surface area contributed by atoms with Crippen molar-refractivity contribution in [2.24, 2.45) is 0 Å². The van der Waals surface area contributed by atoms with Crippen LogP contribution in [0.15, 0.2) is 13.4 Å². The predicted molar refractivity (Wildman–Crippen MR) is 85.6 cm³/mol. The maximum absolute atomic E-state index is 11.4. The van der Waals surface area contributed by atoms with Gasteiger partial charge in [-0.25, -0.2) is 14.4 Å². The highest BCUT2D eigenvalue weighted by molar-refractivity contribution is 9.11. The zero-order valence-corrected chi connectivity index (χ0v) is 15.9. The van der Waals surface area contributed by atoms with Gasteiger partial charge in [-0.3, -0.25) is 0 Å². The van der Waals surface area contributed by atoms with Gasteiger partial charge in [0.1, 0.15) is 0 Å². The summed E-state index contributed by atoms with van der Waals surface area (Å²) in [5.74, 6) is -3.57. The van der Waals surface area contributed by atoms with E-state index in [1.165, 1.54) is 14.0 Å². The highest BCUT2D eigenvalue weighted by Gasteiger charge is 2.30. The molecule has 2 N–H and O–H groups in total. The van der Waals surface area contributed by atoms with Crippen LogP contribution >= 0.6 is 47.8 Å². The molecule has 7 nitrogen and oxygen atoms in total. The number of hydrogen-bond acceptors (Lipinski definition) is 5. The van der Waals surface area contributed by atoms with Gasteiger partial charge in [-0.05, 0) is 54.7 Å². The van der Waals surface area contributed by atoms with Crippen molar-refractivity contribution in [1.29, 1.82) is 0 Å². The van der Waals surface area contributed by atoms with Gasteiger partial charge in [0.05, 0.1) is 27.2 Å². The molecule has 0 aliphatic carbocycles. The molecule has 0 saturated heterocycles. The number of ether oxygens (including phenoxy) is 2. The fraction of sp³-hybridized carbons (Fsp3) is 0.250. The Hall–Kier alpha value is -1.13. The zero-order chi connectivity index (χ0) is 17.2. The summed E-state index contributed by atoms with van der Waals surface area (Å²) in [4.78, 5) is 34.1. The molecule has 1 rings (SSSR count). The Balaban J connectivity index is 3.60. The summed E-state index contributed by atoms with van der Waals surface area (Å²) >= 11 is 9.07. The van der Waals surface area contributed by atoms with Crippen molar-refractivity contribution in [3.05, 3.63) is 24.5 Å². The van der Waals surface area contributed by atoms with Crippen LogP contribution in [-0.2, 0) is 9.53 Å². The van der Waals surface area contributed by atoms with Crippen LogP contribution in [0.25, 0.3) is 0 Å². The minimum atomic E-state index is -1.37. The summed E-state index contributed by atoms with van der Waals surface area (Å²) < 4.78 is 9.69. The predicted octanol–water partition coefficient (Wildman–Crippen LogP) is 3.31. The van der Waals surface area contributed by atoms with E-state index in [4.69, 9.17) is 4.74 Å². The van der Waals surface area contributed by atoms with Gasteiger partial charge in [0, 0.05) is 4.47 Å². The van der Waals surface area contributed by atoms with Crippen LogP contribution in [-0.4, -0.2) is 41.3 Å². The van der Waals surface area contributed by atoms with Crippen LogP contribution in [0.4, 0.5) is 0 Å². The van der Waals surface area contributed by atoms with Gasteiger partial charge in [-0.15, -0.1) is 0 Å². The highest BCUT2D eigenvalue weighted by atomic mass is 79.9. The molecule has 0 aliphatic heterocycles. The minimum Gasteiger partial charge on any atom is -0.478 e. The first-order valence-electron chi connectivity index (χ1n) is 5.54. The number of esters is 1. The van der Waals surface area contributed by atoms with E-state index in [-0.39, 0.29) is 30.3 Å². The first kappa shape index (κ1) is 18.9. The molecule has 22 heavy (non-hydrogen) atoms. The Morgan fingerprint density at radius 2 is 1.36 bits per heavy atom. The van der Waals surface area contributed by atoms with Crippen molar-refractivity contribution in [3.63, 3.8) is 0 Å². The fourth-order valence-corrected chi connectivity index (χ4v) is 4.36. The Bertz CT molecular complexity index is 616. The van der Waals surface area contributed by atoms with Gasteiger partial charge in [0.2, 0.25) is 0 Å². The molecule has 1 atom stereocenters. The van der Waals surface area contributed by atoms with Crippen molar-refractivity contribution >= 4 is 65.7 Å². The molecule has 0 saturated carbocycles. The molecule has 0 radical (unpaired) electrons. The molecular weight excluding hydrogens is 496 g/mol. The van der Waals surface area contributed by atoms with Crippen LogP contribution < -0.4 is 4.74 Å². The standard InChI is InChI=1S/C12H9Br3O7/c1-3(12(20)21-2)22-9-7(14)4(10(16)17)6(13)5(8(9)15)11(18)19/h3H,1-2H3,(H,16,17)(H,18,19). The number of carbonyl (C=O) groups is 3. The van der Waals surface area contributed by atoms with Gasteiger partial charge in [-0.1, -0.05) is 0 Å². The number of halogens is 3. The number of methoxy groups -OCH3 is 1. The first-order valence-corrected chi connectivity index (χ1v) is 7.92. The summed E-state index contributed by atoms with van der Waals surface area (Å²) in [5.41, 5.74) is -0.680. The third-order valence-corrected chi connectivity index (χ3v) is 4.84. The maximum atomic E-state index is 11.4. The van der Waals surface area contributed by atoms with Gasteiger partial charge in [0.25, 0.3) is 0 Å². The molecule has 0 heterocycles. The number of carbonyl (C=O) groups excluding carboxylic acids is 1. The summed E-state index contributed by atoms with van der Waals surface area (Å²) in [6.45, 7) is 1.38. The Kier molecular flexibility index (Phi) is 6.38. The average Bonchev–Trinajstić information content (AvgIpc) is 2.41. The van der Waals surface area contributed by atoms with E-state index < -0.39 is 24.0 Å². The quantitative estimate of drug-likeness (QED) is 0.592. The lowest BCUT2D eigenvalue weighted by Crippen LogP contribution is -2.26. The number of rotatable bonds is 5. The van der Waals surface area contributed by atoms with E-state index in [1.807, 2.05) is 0 Å². The molecule has 0 aliphatic rings. The lowest BCUT2D eigenvalue weighted by molar-refractivity contribution is -0.147. The Morgan fingerprint density at radius 1 is 0.955 bits per heavy atom. The van der Waals surface area contributed by atoms with E-state index in [0.29, 0.717) is 0 Å². The number of carboxylic acid groups (broad SMARTS) is 2. The molecule has 1 aromatic rings. The van der Waals surface area contributed by atoms with Crippen LogP contribution in [0.1, 0.15) is 27.6 Å². The van der Waals surface area contributed by atoms with E-state index in [1.54, 1.807) is 0 Å². The molecule has 0 bridgehead atoms. The summed E-state index contributed by atoms with van der Waals surface area (Å²) in [5, 5.41) is 18.5. The molecule has 0 spiro atoms. The zero-order valence-electron chi connectivity index (χ0n) is 11.1. The molecule has 1 unspecified atom stereocenters. The van der Waals surface area contributed by atoms with Crippen LogP contribution in [0.2, 0.25) is 0 Å². The summed E-state index contributed by atoms with van der Waals surface area (Å²) in [7, 11) is 1.17. The summed E-state index contributed by atoms with van der Waals surface area (Å²) in [6.07, 6.45) is -1.07.